The van der Waals surface area contributed by atoms with Crippen LogP contribution in [-0.4, -0.2) is 49.0 Å². The molecule has 0 atom stereocenters. The van der Waals surface area contributed by atoms with Crippen molar-refractivity contribution in [1.29, 1.82) is 0 Å². The van der Waals surface area contributed by atoms with Crippen molar-refractivity contribution in [2.45, 2.75) is 18.9 Å². The Balaban J connectivity index is 1.24. The Morgan fingerprint density at radius 1 is 1.03 bits per heavy atom. The van der Waals surface area contributed by atoms with Gasteiger partial charge in [0.15, 0.2) is 5.69 Å². The normalized spacial score (nSPS) is 14.7. The van der Waals surface area contributed by atoms with Crippen molar-refractivity contribution in [2.75, 3.05) is 13.1 Å². The molecule has 5 rings (SSSR count). The quantitative estimate of drug-likeness (QED) is 0.503. The second-order valence-corrected chi connectivity index (χ2v) is 7.40. The number of aromatic nitrogens is 5. The molecule has 0 N–H and O–H groups in total. The van der Waals surface area contributed by atoms with Gasteiger partial charge in [-0.15, -0.1) is 5.10 Å². The molecule has 0 unspecified atom stereocenters. The smallest absolute Gasteiger partial charge is 0.280 e. The first kappa shape index (κ1) is 19.1. The van der Waals surface area contributed by atoms with E-state index in [1.54, 1.807) is 15.8 Å². The number of hydrogen-bond donors (Lipinski definition) is 0. The third-order valence-corrected chi connectivity index (χ3v) is 5.40. The second kappa shape index (κ2) is 8.10. The van der Waals surface area contributed by atoms with Gasteiger partial charge in [0.25, 0.3) is 11.8 Å². The summed E-state index contributed by atoms with van der Waals surface area (Å²) in [6, 6.07) is 15.3. The zero-order chi connectivity index (χ0) is 21.2. The van der Waals surface area contributed by atoms with Crippen LogP contribution in [0.15, 0.2) is 65.3 Å². The number of hydrogen-bond acceptors (Lipinski definition) is 6. The standard InChI is InChI=1S/C22H19FN6O2/c23-17-8-6-16(7-9-17)22(30)28-12-10-18(11-13-28)29-14-19(25-27-29)21-24-20(26-31-21)15-4-2-1-3-5-15/h1-9,14,18H,10-13H2. The highest BCUT2D eigenvalue weighted by Crippen LogP contribution is 2.25. The highest BCUT2D eigenvalue weighted by molar-refractivity contribution is 5.94. The van der Waals surface area contributed by atoms with E-state index in [-0.39, 0.29) is 17.8 Å². The molecule has 0 radical (unpaired) electrons. The number of halogens is 1. The van der Waals surface area contributed by atoms with Crippen LogP contribution in [0.1, 0.15) is 29.2 Å². The largest absolute Gasteiger partial charge is 0.338 e. The Hall–Kier alpha value is -3.88. The lowest BCUT2D eigenvalue weighted by Gasteiger charge is -2.31. The summed E-state index contributed by atoms with van der Waals surface area (Å²) in [5, 5.41) is 12.4. The molecule has 0 spiro atoms. The Bertz CT molecular complexity index is 1180. The lowest BCUT2D eigenvalue weighted by atomic mass is 10.0. The molecule has 0 aliphatic carbocycles. The van der Waals surface area contributed by atoms with E-state index in [0.717, 1.165) is 18.4 Å². The maximum absolute atomic E-state index is 13.1. The second-order valence-electron chi connectivity index (χ2n) is 7.40. The van der Waals surface area contributed by atoms with Crippen LogP contribution in [0.2, 0.25) is 0 Å². The number of likely N-dealkylation sites (tertiary alicyclic amines) is 1. The van der Waals surface area contributed by atoms with Crippen molar-refractivity contribution < 1.29 is 13.7 Å². The van der Waals surface area contributed by atoms with Gasteiger partial charge < -0.3 is 9.42 Å². The van der Waals surface area contributed by atoms with Crippen LogP contribution in [0.25, 0.3) is 23.0 Å². The molecule has 4 aromatic rings. The number of benzene rings is 2. The number of nitrogens with zero attached hydrogens (tertiary/aromatic N) is 6. The van der Waals surface area contributed by atoms with Gasteiger partial charge in [-0.25, -0.2) is 9.07 Å². The number of piperidine rings is 1. The molecule has 1 aliphatic rings. The summed E-state index contributed by atoms with van der Waals surface area (Å²) in [5.41, 5.74) is 1.87. The molecule has 1 fully saturated rings. The highest BCUT2D eigenvalue weighted by atomic mass is 19.1. The van der Waals surface area contributed by atoms with E-state index in [9.17, 15) is 9.18 Å². The first-order chi connectivity index (χ1) is 15.2. The van der Waals surface area contributed by atoms with Crippen molar-refractivity contribution >= 4 is 5.91 Å². The van der Waals surface area contributed by atoms with Crippen LogP contribution in [0, 0.1) is 5.82 Å². The summed E-state index contributed by atoms with van der Waals surface area (Å²) in [5.74, 6) is 0.373. The minimum atomic E-state index is -0.352. The Morgan fingerprint density at radius 3 is 2.52 bits per heavy atom. The van der Waals surface area contributed by atoms with Crippen molar-refractivity contribution in [3.63, 3.8) is 0 Å². The molecule has 31 heavy (non-hydrogen) atoms. The molecule has 2 aromatic carbocycles. The first-order valence-electron chi connectivity index (χ1n) is 10.0. The van der Waals surface area contributed by atoms with Gasteiger partial charge in [-0.2, -0.15) is 4.98 Å². The number of rotatable bonds is 4. The van der Waals surface area contributed by atoms with E-state index in [1.807, 2.05) is 30.3 Å². The predicted molar refractivity (Wildman–Crippen MR) is 109 cm³/mol. The first-order valence-corrected chi connectivity index (χ1v) is 10.0. The molecule has 2 aromatic heterocycles. The van der Waals surface area contributed by atoms with Gasteiger partial charge >= 0.3 is 0 Å². The average Bonchev–Trinajstić information content (AvgIpc) is 3.50. The van der Waals surface area contributed by atoms with E-state index >= 15 is 0 Å². The van der Waals surface area contributed by atoms with Crippen LogP contribution in [0.5, 0.6) is 0 Å². The molecule has 3 heterocycles. The van der Waals surface area contributed by atoms with Crippen molar-refractivity contribution in [2.24, 2.45) is 0 Å². The Kier molecular flexibility index (Phi) is 4.99. The lowest BCUT2D eigenvalue weighted by Crippen LogP contribution is -2.39. The monoisotopic (exact) mass is 418 g/mol. The molecule has 9 heteroatoms. The highest BCUT2D eigenvalue weighted by Gasteiger charge is 2.26. The van der Waals surface area contributed by atoms with Gasteiger partial charge in [0.2, 0.25) is 5.82 Å². The molecule has 1 saturated heterocycles. The molecule has 1 aliphatic heterocycles. The zero-order valence-electron chi connectivity index (χ0n) is 16.6. The maximum Gasteiger partial charge on any atom is 0.280 e. The SMILES string of the molecule is O=C(c1ccc(F)cc1)N1CCC(n2cc(-c3nc(-c4ccccc4)no3)nn2)CC1. The van der Waals surface area contributed by atoms with E-state index in [4.69, 9.17) is 4.52 Å². The lowest BCUT2D eigenvalue weighted by molar-refractivity contribution is 0.0689. The van der Waals surface area contributed by atoms with Gasteiger partial charge in [0.1, 0.15) is 5.82 Å². The zero-order valence-corrected chi connectivity index (χ0v) is 16.6. The minimum absolute atomic E-state index is 0.0861. The molecule has 1 amide bonds. The van der Waals surface area contributed by atoms with Gasteiger partial charge in [0.05, 0.1) is 12.2 Å². The van der Waals surface area contributed by atoms with E-state index in [0.29, 0.717) is 36.1 Å². The summed E-state index contributed by atoms with van der Waals surface area (Å²) in [6.07, 6.45) is 3.29. The van der Waals surface area contributed by atoms with Crippen molar-refractivity contribution in [1.82, 2.24) is 30.0 Å². The molecule has 156 valence electrons. The summed E-state index contributed by atoms with van der Waals surface area (Å²) in [6.45, 7) is 1.18. The van der Waals surface area contributed by atoms with Gasteiger partial charge in [-0.05, 0) is 37.1 Å². The van der Waals surface area contributed by atoms with E-state index < -0.39 is 0 Å². The summed E-state index contributed by atoms with van der Waals surface area (Å²) in [4.78, 5) is 18.8. The van der Waals surface area contributed by atoms with Crippen LogP contribution < -0.4 is 0 Å². The van der Waals surface area contributed by atoms with Crippen molar-refractivity contribution in [3.05, 3.63) is 72.2 Å². The fraction of sp³-hybridized carbons (Fsp3) is 0.227. The van der Waals surface area contributed by atoms with Gasteiger partial charge in [0, 0.05) is 24.2 Å². The fourth-order valence-electron chi connectivity index (χ4n) is 3.69. The average molecular weight is 418 g/mol. The molecular weight excluding hydrogens is 399 g/mol. The summed E-state index contributed by atoms with van der Waals surface area (Å²) in [7, 11) is 0. The molecule has 0 saturated carbocycles. The summed E-state index contributed by atoms with van der Waals surface area (Å²) < 4.78 is 20.2. The predicted octanol–water partition coefficient (Wildman–Crippen LogP) is 3.61. The maximum atomic E-state index is 13.1. The molecular formula is C22H19FN6O2. The van der Waals surface area contributed by atoms with Crippen LogP contribution >= 0.6 is 0 Å². The fourth-order valence-corrected chi connectivity index (χ4v) is 3.69. The van der Waals surface area contributed by atoms with Gasteiger partial charge in [-0.3, -0.25) is 4.79 Å². The van der Waals surface area contributed by atoms with E-state index in [2.05, 4.69) is 20.5 Å². The van der Waals surface area contributed by atoms with Gasteiger partial charge in [-0.1, -0.05) is 40.7 Å². The topological polar surface area (TPSA) is 89.9 Å². The summed E-state index contributed by atoms with van der Waals surface area (Å²) >= 11 is 0. The third-order valence-electron chi connectivity index (χ3n) is 5.40. The van der Waals surface area contributed by atoms with Crippen LogP contribution in [0.3, 0.4) is 0 Å². The molecule has 0 bridgehead atoms. The minimum Gasteiger partial charge on any atom is -0.338 e. The van der Waals surface area contributed by atoms with Crippen molar-refractivity contribution in [3.8, 4) is 23.0 Å². The number of amides is 1. The Labute approximate surface area is 177 Å². The molecule has 8 nitrogen and oxygen atoms in total. The third kappa shape index (κ3) is 3.94. The number of carbonyl (C=O) groups excluding carboxylic acids is 1. The Morgan fingerprint density at radius 2 is 1.77 bits per heavy atom. The van der Waals surface area contributed by atoms with E-state index in [1.165, 1.54) is 24.3 Å². The van der Waals surface area contributed by atoms with Crippen LogP contribution in [0.4, 0.5) is 4.39 Å². The number of carbonyl (C=O) groups is 1. The van der Waals surface area contributed by atoms with Crippen LogP contribution in [-0.2, 0) is 0 Å².